The zero-order valence-electron chi connectivity index (χ0n) is 10.9. The van der Waals surface area contributed by atoms with E-state index in [4.69, 9.17) is 5.11 Å². The van der Waals surface area contributed by atoms with Crippen LogP contribution in [-0.4, -0.2) is 48.2 Å². The molecular formula is C9H6F10O5. The summed E-state index contributed by atoms with van der Waals surface area (Å²) in [6, 6.07) is 0. The summed E-state index contributed by atoms with van der Waals surface area (Å²) >= 11 is 0. The first-order valence-electron chi connectivity index (χ1n) is 5.18. The quantitative estimate of drug-likeness (QED) is 0.376. The van der Waals surface area contributed by atoms with Gasteiger partial charge in [0.25, 0.3) is 0 Å². The number of aliphatic hydroxyl groups is 1. The van der Waals surface area contributed by atoms with Gasteiger partial charge >= 0.3 is 36.5 Å². The standard InChI is InChI=1S/C9H6F10O5/c1-2-4(20)22-3-5(10,11)23-8(16,17)9(18,19)24-7(14,15)6(12,13)21/h2,21H,1,3H2. The lowest BCUT2D eigenvalue weighted by molar-refractivity contribution is -0.543. The first-order valence-corrected chi connectivity index (χ1v) is 5.18. The summed E-state index contributed by atoms with van der Waals surface area (Å²) in [7, 11) is 0. The zero-order valence-corrected chi connectivity index (χ0v) is 10.9. The molecule has 0 rings (SSSR count). The van der Waals surface area contributed by atoms with Crippen LogP contribution in [0.5, 0.6) is 0 Å². The number of carbonyl (C=O) groups is 1. The molecule has 0 atom stereocenters. The Labute approximate surface area is 125 Å². The Bertz CT molecular complexity index is 472. The third-order valence-corrected chi connectivity index (χ3v) is 1.77. The minimum absolute atomic E-state index is 0.274. The van der Waals surface area contributed by atoms with Crippen molar-refractivity contribution in [3.8, 4) is 0 Å². The SMILES string of the molecule is C=CC(=O)OCC(F)(F)OC(F)(F)C(F)(F)OC(F)(F)C(O)(F)F. The van der Waals surface area contributed by atoms with Crippen LogP contribution in [0.4, 0.5) is 43.9 Å². The van der Waals surface area contributed by atoms with Crippen LogP contribution in [0.15, 0.2) is 12.7 Å². The minimum Gasteiger partial charge on any atom is -0.453 e. The van der Waals surface area contributed by atoms with Crippen LogP contribution in [-0.2, 0) is 19.0 Å². The van der Waals surface area contributed by atoms with Crippen LogP contribution in [0.2, 0.25) is 0 Å². The predicted octanol–water partition coefficient (Wildman–Crippen LogP) is 2.71. The van der Waals surface area contributed by atoms with E-state index in [-0.39, 0.29) is 6.08 Å². The first kappa shape index (κ1) is 22.4. The first-order chi connectivity index (χ1) is 10.4. The van der Waals surface area contributed by atoms with Crippen molar-refractivity contribution in [2.24, 2.45) is 0 Å². The van der Waals surface area contributed by atoms with Crippen LogP contribution in [0.25, 0.3) is 0 Å². The van der Waals surface area contributed by atoms with Crippen LogP contribution in [0.1, 0.15) is 0 Å². The molecule has 24 heavy (non-hydrogen) atoms. The van der Waals surface area contributed by atoms with Crippen LogP contribution < -0.4 is 0 Å². The van der Waals surface area contributed by atoms with Crippen molar-refractivity contribution in [1.29, 1.82) is 0 Å². The van der Waals surface area contributed by atoms with Gasteiger partial charge in [-0.25, -0.2) is 14.3 Å². The van der Waals surface area contributed by atoms with E-state index >= 15 is 0 Å². The van der Waals surface area contributed by atoms with Gasteiger partial charge in [0.05, 0.1) is 0 Å². The topological polar surface area (TPSA) is 65.0 Å². The van der Waals surface area contributed by atoms with Gasteiger partial charge in [0.15, 0.2) is 6.61 Å². The molecule has 0 spiro atoms. The van der Waals surface area contributed by atoms with Crippen molar-refractivity contribution >= 4 is 5.97 Å². The van der Waals surface area contributed by atoms with Gasteiger partial charge in [-0.2, -0.15) is 43.9 Å². The highest BCUT2D eigenvalue weighted by Crippen LogP contribution is 2.46. The van der Waals surface area contributed by atoms with Crippen molar-refractivity contribution in [3.63, 3.8) is 0 Å². The number of rotatable bonds is 9. The number of halogens is 10. The fourth-order valence-electron chi connectivity index (χ4n) is 0.772. The highest BCUT2D eigenvalue weighted by atomic mass is 19.4. The molecule has 0 radical (unpaired) electrons. The highest BCUT2D eigenvalue weighted by Gasteiger charge is 2.72. The fraction of sp³-hybridized carbons (Fsp3) is 0.667. The van der Waals surface area contributed by atoms with Gasteiger partial charge in [-0.3, -0.25) is 0 Å². The van der Waals surface area contributed by atoms with Crippen molar-refractivity contribution in [2.75, 3.05) is 6.61 Å². The largest absolute Gasteiger partial charge is 0.453 e. The molecule has 1 N–H and O–H groups in total. The molecule has 0 unspecified atom stereocenters. The molecule has 0 aromatic carbocycles. The van der Waals surface area contributed by atoms with Crippen LogP contribution in [0.3, 0.4) is 0 Å². The summed E-state index contributed by atoms with van der Waals surface area (Å²) in [6.45, 7) is 0.333. The van der Waals surface area contributed by atoms with Gasteiger partial charge < -0.3 is 9.84 Å². The van der Waals surface area contributed by atoms with Crippen molar-refractivity contribution in [2.45, 2.75) is 30.5 Å². The molecule has 0 aromatic heterocycles. The smallest absolute Gasteiger partial charge is 0.453 e. The molecule has 0 aromatic rings. The monoisotopic (exact) mass is 384 g/mol. The second-order valence-electron chi connectivity index (χ2n) is 3.74. The Hall–Kier alpha value is -1.61. The third-order valence-electron chi connectivity index (χ3n) is 1.77. The summed E-state index contributed by atoms with van der Waals surface area (Å²) in [6.07, 6.45) is -31.4. The molecule has 15 heteroatoms. The van der Waals surface area contributed by atoms with Gasteiger partial charge in [0, 0.05) is 6.08 Å². The molecule has 142 valence electrons. The molecule has 0 saturated carbocycles. The number of ether oxygens (including phenoxy) is 3. The van der Waals surface area contributed by atoms with Crippen molar-refractivity contribution in [3.05, 3.63) is 12.7 Å². The van der Waals surface area contributed by atoms with Crippen molar-refractivity contribution in [1.82, 2.24) is 0 Å². The maximum Gasteiger partial charge on any atom is 0.453 e. The lowest BCUT2D eigenvalue weighted by Crippen LogP contribution is -2.56. The normalized spacial score (nSPS) is 14.5. The van der Waals surface area contributed by atoms with Gasteiger partial charge in [-0.05, 0) is 0 Å². The number of hydrogen-bond acceptors (Lipinski definition) is 5. The van der Waals surface area contributed by atoms with Crippen LogP contribution >= 0.6 is 0 Å². The van der Waals surface area contributed by atoms with Gasteiger partial charge in [-0.1, -0.05) is 6.58 Å². The Morgan fingerprint density at radius 3 is 1.67 bits per heavy atom. The lowest BCUT2D eigenvalue weighted by Gasteiger charge is -2.31. The molecular weight excluding hydrogens is 378 g/mol. The van der Waals surface area contributed by atoms with Crippen LogP contribution in [0, 0.1) is 0 Å². The average Bonchev–Trinajstić information content (AvgIpc) is 2.31. The van der Waals surface area contributed by atoms with E-state index in [0.29, 0.717) is 0 Å². The summed E-state index contributed by atoms with van der Waals surface area (Å²) in [4.78, 5) is 10.4. The Balaban J connectivity index is 5.20. The molecule has 5 nitrogen and oxygen atoms in total. The van der Waals surface area contributed by atoms with Gasteiger partial charge in [0.2, 0.25) is 0 Å². The maximum atomic E-state index is 12.8. The van der Waals surface area contributed by atoms with E-state index in [9.17, 15) is 48.7 Å². The molecule has 0 fully saturated rings. The third kappa shape index (κ3) is 5.79. The van der Waals surface area contributed by atoms with Gasteiger partial charge in [-0.15, -0.1) is 0 Å². The van der Waals surface area contributed by atoms with Crippen molar-refractivity contribution < 1.29 is 68.0 Å². The molecule has 0 heterocycles. The molecule has 0 bridgehead atoms. The van der Waals surface area contributed by atoms with E-state index in [1.807, 2.05) is 0 Å². The summed E-state index contributed by atoms with van der Waals surface area (Å²) in [5.74, 6) is -1.61. The Morgan fingerprint density at radius 2 is 1.29 bits per heavy atom. The number of alkyl halides is 10. The second kappa shape index (κ2) is 6.72. The number of esters is 1. The number of carbonyl (C=O) groups excluding carboxylic acids is 1. The highest BCUT2D eigenvalue weighted by molar-refractivity contribution is 5.81. The van der Waals surface area contributed by atoms with E-state index in [0.717, 1.165) is 0 Å². The molecule has 0 aliphatic carbocycles. The summed E-state index contributed by atoms with van der Waals surface area (Å²) in [5.41, 5.74) is 0. The lowest BCUT2D eigenvalue weighted by atomic mass is 10.5. The zero-order chi connectivity index (χ0) is 19.6. The molecule has 0 amide bonds. The van der Waals surface area contributed by atoms with Gasteiger partial charge in [0.1, 0.15) is 0 Å². The minimum atomic E-state index is -6.76. The van der Waals surface area contributed by atoms with E-state index < -0.39 is 43.1 Å². The maximum absolute atomic E-state index is 12.8. The van der Waals surface area contributed by atoms with E-state index in [1.165, 1.54) is 0 Å². The summed E-state index contributed by atoms with van der Waals surface area (Å²) in [5, 5.41) is 7.54. The molecule has 0 saturated heterocycles. The molecule has 0 aliphatic rings. The second-order valence-corrected chi connectivity index (χ2v) is 3.74. The molecule has 0 aliphatic heterocycles. The summed E-state index contributed by atoms with van der Waals surface area (Å²) < 4.78 is 133. The Kier molecular flexibility index (Phi) is 6.27. The Morgan fingerprint density at radius 1 is 0.875 bits per heavy atom. The average molecular weight is 384 g/mol. The van der Waals surface area contributed by atoms with E-state index in [2.05, 4.69) is 16.1 Å². The number of hydrogen-bond donors (Lipinski definition) is 1. The predicted molar refractivity (Wildman–Crippen MR) is 50.3 cm³/mol. The van der Waals surface area contributed by atoms with E-state index in [1.54, 1.807) is 4.74 Å². The fourth-order valence-corrected chi connectivity index (χ4v) is 0.772.